The number of rotatable bonds is 21. The number of carbonyl (C=O) groups is 10. The average Bonchev–Trinajstić information content (AvgIpc) is 3.22. The van der Waals surface area contributed by atoms with Crippen LogP contribution in [0.2, 0.25) is 0 Å². The number of hydrogen-bond donors (Lipinski definition) is 9. The Kier molecular flexibility index (Phi) is 28.5. The van der Waals surface area contributed by atoms with Gasteiger partial charge in [-0.25, -0.2) is 4.79 Å². The summed E-state index contributed by atoms with van der Waals surface area (Å²) in [6, 6.07) is -9.64. The minimum Gasteiger partial charge on any atom is -0.481 e. The molecule has 70 heavy (non-hydrogen) atoms. The van der Waals surface area contributed by atoms with Crippen LogP contribution in [0.4, 0.5) is 0 Å². The molecule has 0 aromatic carbocycles. The summed E-state index contributed by atoms with van der Waals surface area (Å²) < 4.78 is 6.00. The van der Waals surface area contributed by atoms with Gasteiger partial charge in [0.25, 0.3) is 0 Å². The average molecular weight is 994 g/mol. The SMILES string of the molecule is CC(C)CCCCCCC1CC(=O)NC(CCC(=O)O)C(=O)NC(CC(C)C)C(=O)NC(CC(C)C)C(=O)NC(C(C)C)C(=O)NC(CC(=O)O)C(=O)NC(CC(C)C)C(=O)NC(CC(C)C)C(=O)O1. The first-order valence-electron chi connectivity index (χ1n) is 25.3. The number of carboxylic acid groups (broad SMARTS) is 2. The molecular formula is C50H87N7O13. The first-order valence-corrected chi connectivity index (χ1v) is 25.3. The minimum atomic E-state index is -1.72. The smallest absolute Gasteiger partial charge is 0.328 e. The maximum absolute atomic E-state index is 14.1. The summed E-state index contributed by atoms with van der Waals surface area (Å²) in [6.07, 6.45) is 1.45. The summed E-state index contributed by atoms with van der Waals surface area (Å²) in [6.45, 7) is 21.9. The summed E-state index contributed by atoms with van der Waals surface area (Å²) in [5.41, 5.74) is 0. The third-order valence-electron chi connectivity index (χ3n) is 11.6. The molecule has 0 aromatic rings. The fourth-order valence-corrected chi connectivity index (χ4v) is 8.04. The summed E-state index contributed by atoms with van der Waals surface area (Å²) >= 11 is 0. The van der Waals surface area contributed by atoms with Crippen LogP contribution in [0.5, 0.6) is 0 Å². The van der Waals surface area contributed by atoms with E-state index in [1.165, 1.54) is 0 Å². The molecule has 7 amide bonds. The van der Waals surface area contributed by atoms with Gasteiger partial charge >= 0.3 is 17.9 Å². The number of unbranched alkanes of at least 4 members (excludes halogenated alkanes) is 3. The van der Waals surface area contributed by atoms with Gasteiger partial charge in [-0.1, -0.05) is 109 Å². The molecule has 1 fully saturated rings. The van der Waals surface area contributed by atoms with E-state index >= 15 is 0 Å². The molecule has 1 aliphatic heterocycles. The van der Waals surface area contributed by atoms with E-state index in [2.05, 4.69) is 51.1 Å². The van der Waals surface area contributed by atoms with Crippen molar-refractivity contribution in [1.29, 1.82) is 0 Å². The van der Waals surface area contributed by atoms with Gasteiger partial charge in [-0.05, 0) is 80.5 Å². The van der Waals surface area contributed by atoms with E-state index < -0.39 is 133 Å². The van der Waals surface area contributed by atoms with Crippen LogP contribution in [0, 0.1) is 35.5 Å². The minimum absolute atomic E-state index is 0.0383. The highest BCUT2D eigenvalue weighted by molar-refractivity contribution is 5.98. The third kappa shape index (κ3) is 25.5. The van der Waals surface area contributed by atoms with Crippen molar-refractivity contribution in [2.24, 2.45) is 35.5 Å². The number of amides is 7. The Bertz CT molecular complexity index is 1750. The molecule has 1 aliphatic rings. The summed E-state index contributed by atoms with van der Waals surface area (Å²) in [4.78, 5) is 136. The Morgan fingerprint density at radius 1 is 0.471 bits per heavy atom. The number of cyclic esters (lactones) is 1. The second-order valence-electron chi connectivity index (χ2n) is 21.4. The highest BCUT2D eigenvalue weighted by Crippen LogP contribution is 2.19. The molecule has 1 heterocycles. The largest absolute Gasteiger partial charge is 0.481 e. The summed E-state index contributed by atoms with van der Waals surface area (Å²) in [7, 11) is 0. The molecule has 0 saturated carbocycles. The fraction of sp³-hybridized carbons (Fsp3) is 0.800. The van der Waals surface area contributed by atoms with Gasteiger partial charge in [0.15, 0.2) is 0 Å². The lowest BCUT2D eigenvalue weighted by Crippen LogP contribution is -2.61. The highest BCUT2D eigenvalue weighted by Gasteiger charge is 2.37. The molecule has 0 spiro atoms. The number of esters is 1. The van der Waals surface area contributed by atoms with Crippen LogP contribution in [0.25, 0.3) is 0 Å². The van der Waals surface area contributed by atoms with E-state index in [1.807, 2.05) is 13.8 Å². The summed E-state index contributed by atoms with van der Waals surface area (Å²) in [5, 5.41) is 37.8. The number of hydrogen-bond acceptors (Lipinski definition) is 11. The zero-order valence-electron chi connectivity index (χ0n) is 43.9. The van der Waals surface area contributed by atoms with Crippen molar-refractivity contribution >= 4 is 59.3 Å². The molecule has 0 aliphatic carbocycles. The van der Waals surface area contributed by atoms with Gasteiger partial charge in [0, 0.05) is 6.42 Å². The normalized spacial score (nSPS) is 24.5. The van der Waals surface area contributed by atoms with Gasteiger partial charge < -0.3 is 52.2 Å². The van der Waals surface area contributed by atoms with Crippen LogP contribution < -0.4 is 37.2 Å². The zero-order valence-corrected chi connectivity index (χ0v) is 43.9. The van der Waals surface area contributed by atoms with E-state index in [4.69, 9.17) is 4.74 Å². The lowest BCUT2D eigenvalue weighted by atomic mass is 9.98. The van der Waals surface area contributed by atoms with Gasteiger partial charge in [0.2, 0.25) is 41.4 Å². The summed E-state index contributed by atoms with van der Waals surface area (Å²) in [5.74, 6) is -10.3. The van der Waals surface area contributed by atoms with Crippen LogP contribution in [0.3, 0.4) is 0 Å². The molecule has 20 heteroatoms. The standard InChI is InChI=1S/C50H87N7O13/c1-27(2)17-15-13-14-16-18-33-25-40(58)51-34(19-20-41(59)60)44(63)52-35(21-28(3)4)45(64)54-37(23-30(7)8)48(67)57-43(32(11)12)49(68)55-38(26-42(61)62)47(66)53-36(22-29(5)6)46(65)56-39(24-31(9)10)50(69)70-33/h27-39,43H,13-26H2,1-12H3,(H,51,58)(H,52,63)(H,53,66)(H,54,64)(H,55,68)(H,56,65)(H,57,67)(H,59,60)(H,61,62). The third-order valence-corrected chi connectivity index (χ3v) is 11.6. The Morgan fingerprint density at radius 2 is 0.886 bits per heavy atom. The zero-order chi connectivity index (χ0) is 53.4. The van der Waals surface area contributed by atoms with Crippen LogP contribution in [-0.2, 0) is 52.7 Å². The number of carbonyl (C=O) groups excluding carboxylic acids is 8. The van der Waals surface area contributed by atoms with Crippen molar-refractivity contribution < 1.29 is 62.9 Å². The second-order valence-corrected chi connectivity index (χ2v) is 21.4. The lowest BCUT2D eigenvalue weighted by Gasteiger charge is -2.29. The van der Waals surface area contributed by atoms with Crippen molar-refractivity contribution in [1.82, 2.24) is 37.2 Å². The molecule has 400 valence electrons. The van der Waals surface area contributed by atoms with E-state index in [1.54, 1.807) is 55.4 Å². The quantitative estimate of drug-likeness (QED) is 0.0584. The molecule has 20 nitrogen and oxygen atoms in total. The van der Waals surface area contributed by atoms with Crippen LogP contribution in [-0.4, -0.2) is 118 Å². The Labute approximate surface area is 415 Å². The van der Waals surface area contributed by atoms with Crippen LogP contribution >= 0.6 is 0 Å². The van der Waals surface area contributed by atoms with Gasteiger partial charge in [-0.15, -0.1) is 0 Å². The van der Waals surface area contributed by atoms with Crippen LogP contribution in [0.1, 0.15) is 173 Å². The van der Waals surface area contributed by atoms with E-state index in [0.29, 0.717) is 12.3 Å². The molecule has 9 N–H and O–H groups in total. The van der Waals surface area contributed by atoms with Crippen LogP contribution in [0.15, 0.2) is 0 Å². The number of aliphatic carboxylic acids is 2. The van der Waals surface area contributed by atoms with E-state index in [0.717, 1.165) is 25.7 Å². The molecule has 8 atom stereocenters. The van der Waals surface area contributed by atoms with Crippen molar-refractivity contribution in [3.63, 3.8) is 0 Å². The van der Waals surface area contributed by atoms with Crippen molar-refractivity contribution in [3.05, 3.63) is 0 Å². The number of ether oxygens (including phenoxy) is 1. The maximum Gasteiger partial charge on any atom is 0.328 e. The van der Waals surface area contributed by atoms with Crippen molar-refractivity contribution in [3.8, 4) is 0 Å². The molecule has 0 bridgehead atoms. The molecular weight excluding hydrogens is 907 g/mol. The number of carboxylic acids is 2. The van der Waals surface area contributed by atoms with Crippen molar-refractivity contribution in [2.75, 3.05) is 0 Å². The Hall–Kier alpha value is -5.30. The fourth-order valence-electron chi connectivity index (χ4n) is 8.04. The topological polar surface area (TPSA) is 305 Å². The predicted octanol–water partition coefficient (Wildman–Crippen LogP) is 3.87. The first-order chi connectivity index (χ1) is 32.6. The second kappa shape index (κ2) is 31.8. The van der Waals surface area contributed by atoms with Gasteiger partial charge in [0.05, 0.1) is 12.8 Å². The predicted molar refractivity (Wildman–Crippen MR) is 262 cm³/mol. The Balaban J connectivity index is 4.01. The molecule has 1 saturated heterocycles. The molecule has 1 rings (SSSR count). The molecule has 0 aromatic heterocycles. The lowest BCUT2D eigenvalue weighted by molar-refractivity contribution is -0.155. The maximum atomic E-state index is 14.1. The highest BCUT2D eigenvalue weighted by atomic mass is 16.5. The Morgan fingerprint density at radius 3 is 1.33 bits per heavy atom. The molecule has 8 unspecified atom stereocenters. The molecule has 0 radical (unpaired) electrons. The van der Waals surface area contributed by atoms with E-state index in [-0.39, 0.29) is 62.2 Å². The van der Waals surface area contributed by atoms with E-state index in [9.17, 15) is 58.2 Å². The van der Waals surface area contributed by atoms with Gasteiger partial charge in [0.1, 0.15) is 48.4 Å². The first kappa shape index (κ1) is 62.7. The van der Waals surface area contributed by atoms with Crippen molar-refractivity contribution in [2.45, 2.75) is 221 Å². The van der Waals surface area contributed by atoms with Gasteiger partial charge in [-0.2, -0.15) is 0 Å². The monoisotopic (exact) mass is 994 g/mol. The number of nitrogens with one attached hydrogen (secondary N) is 7. The van der Waals surface area contributed by atoms with Gasteiger partial charge in [-0.3, -0.25) is 43.2 Å².